The molecule has 3 N–H and O–H groups in total. The van der Waals surface area contributed by atoms with E-state index in [1.54, 1.807) is 18.5 Å². The second-order valence-corrected chi connectivity index (χ2v) is 4.96. The van der Waals surface area contributed by atoms with Gasteiger partial charge in [0.1, 0.15) is 5.75 Å². The zero-order valence-electron chi connectivity index (χ0n) is 11.7. The van der Waals surface area contributed by atoms with Crippen molar-refractivity contribution in [2.45, 2.75) is 6.54 Å². The van der Waals surface area contributed by atoms with Crippen LogP contribution in [0.2, 0.25) is 0 Å². The van der Waals surface area contributed by atoms with Crippen molar-refractivity contribution in [3.05, 3.63) is 42.2 Å². The fourth-order valence-corrected chi connectivity index (χ4v) is 2.31. The van der Waals surface area contributed by atoms with E-state index in [0.29, 0.717) is 23.7 Å². The molecule has 0 saturated carbocycles. The van der Waals surface area contributed by atoms with Crippen molar-refractivity contribution in [1.82, 2.24) is 4.98 Å². The van der Waals surface area contributed by atoms with Crippen molar-refractivity contribution in [2.24, 2.45) is 0 Å². The number of hydrogen-bond donors (Lipinski definition) is 2. The van der Waals surface area contributed by atoms with Gasteiger partial charge in [0.25, 0.3) is 5.91 Å². The Balaban J connectivity index is 1.87. The molecule has 0 aliphatic carbocycles. The molecule has 0 saturated heterocycles. The summed E-state index contributed by atoms with van der Waals surface area (Å²) < 4.78 is 5.35. The van der Waals surface area contributed by atoms with Crippen LogP contribution in [0.1, 0.15) is 5.56 Å². The second kappa shape index (κ2) is 5.32. The van der Waals surface area contributed by atoms with Gasteiger partial charge < -0.3 is 20.7 Å². The fourth-order valence-electron chi connectivity index (χ4n) is 2.31. The van der Waals surface area contributed by atoms with Gasteiger partial charge in [0, 0.05) is 32.1 Å². The second-order valence-electron chi connectivity index (χ2n) is 4.96. The first-order valence-electron chi connectivity index (χ1n) is 6.59. The summed E-state index contributed by atoms with van der Waals surface area (Å²) in [5, 5.41) is 2.79. The molecule has 0 radical (unpaired) electrons. The molecule has 1 amide bonds. The fraction of sp³-hybridized carbons (Fsp3) is 0.200. The van der Waals surface area contributed by atoms with E-state index < -0.39 is 0 Å². The van der Waals surface area contributed by atoms with E-state index in [9.17, 15) is 4.79 Å². The highest BCUT2D eigenvalue weighted by Crippen LogP contribution is 2.36. The van der Waals surface area contributed by atoms with Gasteiger partial charge in [0.05, 0.1) is 17.1 Å². The Hall–Kier alpha value is -2.76. The molecule has 1 aromatic heterocycles. The normalized spacial score (nSPS) is 13.1. The average molecular weight is 284 g/mol. The number of hydrogen-bond acceptors (Lipinski definition) is 5. The van der Waals surface area contributed by atoms with Gasteiger partial charge >= 0.3 is 0 Å². The quantitative estimate of drug-likeness (QED) is 0.837. The largest absolute Gasteiger partial charge is 0.482 e. The summed E-state index contributed by atoms with van der Waals surface area (Å²) in [4.78, 5) is 17.4. The van der Waals surface area contributed by atoms with Crippen LogP contribution >= 0.6 is 0 Å². The van der Waals surface area contributed by atoms with E-state index in [-0.39, 0.29) is 12.5 Å². The Morgan fingerprint density at radius 3 is 2.90 bits per heavy atom. The van der Waals surface area contributed by atoms with Gasteiger partial charge in [-0.15, -0.1) is 0 Å². The molecule has 1 aromatic carbocycles. The molecule has 6 heteroatoms. The number of nitrogen functional groups attached to an aromatic ring is 1. The van der Waals surface area contributed by atoms with E-state index in [0.717, 1.165) is 11.3 Å². The van der Waals surface area contributed by atoms with Crippen molar-refractivity contribution < 1.29 is 9.53 Å². The molecule has 2 heterocycles. The Bertz CT molecular complexity index is 673. The number of rotatable bonds is 3. The van der Waals surface area contributed by atoms with E-state index in [1.807, 2.05) is 30.1 Å². The number of nitrogens with one attached hydrogen (secondary N) is 1. The molecule has 6 nitrogen and oxygen atoms in total. The molecule has 1 aliphatic rings. The van der Waals surface area contributed by atoms with Gasteiger partial charge in [-0.25, -0.2) is 0 Å². The molecule has 0 fully saturated rings. The molecule has 108 valence electrons. The van der Waals surface area contributed by atoms with Crippen molar-refractivity contribution in [3.63, 3.8) is 0 Å². The zero-order chi connectivity index (χ0) is 14.8. The van der Waals surface area contributed by atoms with Crippen LogP contribution in [0, 0.1) is 0 Å². The van der Waals surface area contributed by atoms with E-state index in [2.05, 4.69) is 10.3 Å². The first kappa shape index (κ1) is 13.2. The van der Waals surface area contributed by atoms with Crippen LogP contribution in [0.25, 0.3) is 0 Å². The van der Waals surface area contributed by atoms with E-state index in [4.69, 9.17) is 10.5 Å². The molecule has 0 spiro atoms. The predicted molar refractivity (Wildman–Crippen MR) is 81.3 cm³/mol. The number of carbonyl (C=O) groups excluding carboxylic acids is 1. The molecule has 0 unspecified atom stereocenters. The summed E-state index contributed by atoms with van der Waals surface area (Å²) in [5.74, 6) is 0.447. The van der Waals surface area contributed by atoms with Gasteiger partial charge in [0.15, 0.2) is 6.61 Å². The van der Waals surface area contributed by atoms with Crippen molar-refractivity contribution >= 4 is 23.0 Å². The number of aromatic nitrogens is 1. The molecule has 21 heavy (non-hydrogen) atoms. The number of carbonyl (C=O) groups is 1. The summed E-state index contributed by atoms with van der Waals surface area (Å²) >= 11 is 0. The zero-order valence-corrected chi connectivity index (χ0v) is 11.7. The lowest BCUT2D eigenvalue weighted by Gasteiger charge is -2.25. The molecule has 2 aromatic rings. The Morgan fingerprint density at radius 1 is 1.38 bits per heavy atom. The predicted octanol–water partition coefficient (Wildman–Crippen LogP) is 1.63. The molecule has 1 aliphatic heterocycles. The first-order chi connectivity index (χ1) is 10.1. The summed E-state index contributed by atoms with van der Waals surface area (Å²) in [6.45, 7) is 0.721. The maximum absolute atomic E-state index is 11.4. The third kappa shape index (κ3) is 2.74. The number of nitrogens with two attached hydrogens (primary N) is 1. The lowest BCUT2D eigenvalue weighted by atomic mass is 10.1. The van der Waals surface area contributed by atoms with Crippen LogP contribution in [0.5, 0.6) is 5.75 Å². The highest BCUT2D eigenvalue weighted by molar-refractivity contribution is 5.97. The summed E-state index contributed by atoms with van der Waals surface area (Å²) in [5.41, 5.74) is 9.32. The minimum atomic E-state index is -0.157. The van der Waals surface area contributed by atoms with Crippen LogP contribution in [0.3, 0.4) is 0 Å². The molecule has 0 atom stereocenters. The van der Waals surface area contributed by atoms with Crippen molar-refractivity contribution in [3.8, 4) is 5.75 Å². The summed E-state index contributed by atoms with van der Waals surface area (Å²) in [7, 11) is 1.95. The number of ether oxygens (including phenoxy) is 1. The van der Waals surface area contributed by atoms with Crippen molar-refractivity contribution in [1.29, 1.82) is 0 Å². The van der Waals surface area contributed by atoms with Crippen LogP contribution in [0.15, 0.2) is 36.7 Å². The Labute approximate surface area is 122 Å². The standard InChI is InChI=1S/C15H16N4O2/c1-19(8-10-2-4-17-5-3-10)13-7-12-14(6-11(13)16)21-9-15(20)18-12/h2-7H,8-9,16H2,1H3,(H,18,20). The summed E-state index contributed by atoms with van der Waals surface area (Å²) in [6, 6.07) is 7.49. The third-order valence-electron chi connectivity index (χ3n) is 3.34. The number of amides is 1. The van der Waals surface area contributed by atoms with Gasteiger partial charge in [-0.05, 0) is 23.8 Å². The van der Waals surface area contributed by atoms with Crippen LogP contribution < -0.4 is 20.7 Å². The Morgan fingerprint density at radius 2 is 2.14 bits per heavy atom. The van der Waals surface area contributed by atoms with Gasteiger partial charge in [-0.1, -0.05) is 0 Å². The lowest BCUT2D eigenvalue weighted by molar-refractivity contribution is -0.118. The monoisotopic (exact) mass is 284 g/mol. The van der Waals surface area contributed by atoms with Gasteiger partial charge in [-0.3, -0.25) is 9.78 Å². The number of nitrogens with zero attached hydrogens (tertiary/aromatic N) is 2. The van der Waals surface area contributed by atoms with Crippen LogP contribution in [-0.4, -0.2) is 24.5 Å². The highest BCUT2D eigenvalue weighted by Gasteiger charge is 2.19. The Kier molecular flexibility index (Phi) is 3.35. The highest BCUT2D eigenvalue weighted by atomic mass is 16.5. The summed E-state index contributed by atoms with van der Waals surface area (Å²) in [6.07, 6.45) is 3.51. The average Bonchev–Trinajstić information content (AvgIpc) is 2.48. The maximum atomic E-state index is 11.4. The van der Waals surface area contributed by atoms with E-state index >= 15 is 0 Å². The number of anilines is 3. The lowest BCUT2D eigenvalue weighted by Crippen LogP contribution is -2.26. The SMILES string of the molecule is CN(Cc1ccncc1)c1cc2c(cc1N)OCC(=O)N2. The van der Waals surface area contributed by atoms with Gasteiger partial charge in [-0.2, -0.15) is 0 Å². The van der Waals surface area contributed by atoms with Gasteiger partial charge in [0.2, 0.25) is 0 Å². The van der Waals surface area contributed by atoms with Crippen LogP contribution in [0.4, 0.5) is 17.1 Å². The molecular formula is C15H16N4O2. The smallest absolute Gasteiger partial charge is 0.262 e. The van der Waals surface area contributed by atoms with E-state index in [1.165, 1.54) is 0 Å². The topological polar surface area (TPSA) is 80.5 Å². The molecule has 3 rings (SSSR count). The molecule has 0 bridgehead atoms. The minimum absolute atomic E-state index is 0.0264. The minimum Gasteiger partial charge on any atom is -0.482 e. The number of benzene rings is 1. The third-order valence-corrected chi connectivity index (χ3v) is 3.34. The number of pyridine rings is 1. The van der Waals surface area contributed by atoms with Crippen LogP contribution in [-0.2, 0) is 11.3 Å². The maximum Gasteiger partial charge on any atom is 0.262 e. The number of fused-ring (bicyclic) bond motifs is 1. The molecular weight excluding hydrogens is 268 g/mol. The van der Waals surface area contributed by atoms with Crippen molar-refractivity contribution in [2.75, 3.05) is 29.6 Å². The first-order valence-corrected chi connectivity index (χ1v) is 6.59.